The van der Waals surface area contributed by atoms with Crippen molar-refractivity contribution in [3.8, 4) is 0 Å². The lowest BCUT2D eigenvalue weighted by molar-refractivity contribution is 0.0926. The molecule has 3 aromatic rings. The van der Waals surface area contributed by atoms with Crippen LogP contribution in [-0.4, -0.2) is 15.8 Å². The second kappa shape index (κ2) is 4.30. The molecule has 2 heterocycles. The predicted molar refractivity (Wildman–Crippen MR) is 77.8 cm³/mol. The lowest BCUT2D eigenvalue weighted by Crippen LogP contribution is -2.14. The highest BCUT2D eigenvalue weighted by Gasteiger charge is 2.29. The maximum Gasteiger partial charge on any atom is 0.168 e. The number of nitrogens with one attached hydrogen (secondary N) is 1. The number of aromatic nitrogens is 2. The SMILES string of the molecule is O=C(c1c[nH]c2ncccc12)C1Cc2ccccc2C1. The van der Waals surface area contributed by atoms with E-state index in [-0.39, 0.29) is 11.7 Å². The van der Waals surface area contributed by atoms with Crippen LogP contribution in [0.25, 0.3) is 11.0 Å². The van der Waals surface area contributed by atoms with Gasteiger partial charge in [-0.3, -0.25) is 4.79 Å². The van der Waals surface area contributed by atoms with Gasteiger partial charge in [-0.1, -0.05) is 24.3 Å². The van der Waals surface area contributed by atoms with Crippen LogP contribution in [-0.2, 0) is 12.8 Å². The molecule has 4 rings (SSSR count). The Hall–Kier alpha value is -2.42. The number of hydrogen-bond donors (Lipinski definition) is 1. The zero-order valence-electron chi connectivity index (χ0n) is 11.0. The Balaban J connectivity index is 1.69. The number of pyridine rings is 1. The molecule has 0 radical (unpaired) electrons. The molecular weight excluding hydrogens is 248 g/mol. The smallest absolute Gasteiger partial charge is 0.168 e. The van der Waals surface area contributed by atoms with Gasteiger partial charge in [-0.25, -0.2) is 4.98 Å². The van der Waals surface area contributed by atoms with Gasteiger partial charge in [-0.05, 0) is 36.1 Å². The molecule has 0 amide bonds. The molecule has 1 aromatic carbocycles. The van der Waals surface area contributed by atoms with Crippen molar-refractivity contribution in [1.82, 2.24) is 9.97 Å². The largest absolute Gasteiger partial charge is 0.345 e. The van der Waals surface area contributed by atoms with Crippen LogP contribution in [0.5, 0.6) is 0 Å². The fourth-order valence-corrected chi connectivity index (χ4v) is 3.12. The minimum absolute atomic E-state index is 0.0617. The highest BCUT2D eigenvalue weighted by atomic mass is 16.1. The third-order valence-corrected chi connectivity index (χ3v) is 4.14. The number of Topliss-reactive ketones (excluding diaryl/α,β-unsaturated/α-hetero) is 1. The molecule has 0 unspecified atom stereocenters. The van der Waals surface area contributed by atoms with E-state index in [1.165, 1.54) is 11.1 Å². The van der Waals surface area contributed by atoms with E-state index in [2.05, 4.69) is 22.1 Å². The molecule has 0 fully saturated rings. The summed E-state index contributed by atoms with van der Waals surface area (Å²) in [6.45, 7) is 0. The molecule has 98 valence electrons. The van der Waals surface area contributed by atoms with Gasteiger partial charge in [-0.15, -0.1) is 0 Å². The summed E-state index contributed by atoms with van der Waals surface area (Å²) in [5.74, 6) is 0.284. The lowest BCUT2D eigenvalue weighted by atomic mass is 9.95. The van der Waals surface area contributed by atoms with E-state index in [1.807, 2.05) is 24.3 Å². The minimum atomic E-state index is 0.0617. The topological polar surface area (TPSA) is 45.8 Å². The van der Waals surface area contributed by atoms with Crippen LogP contribution >= 0.6 is 0 Å². The number of aromatic amines is 1. The fraction of sp³-hybridized carbons (Fsp3) is 0.176. The van der Waals surface area contributed by atoms with E-state index in [1.54, 1.807) is 12.4 Å². The zero-order chi connectivity index (χ0) is 13.5. The molecule has 0 aliphatic heterocycles. The number of benzene rings is 1. The molecule has 1 aliphatic rings. The summed E-state index contributed by atoms with van der Waals surface area (Å²) in [7, 11) is 0. The van der Waals surface area contributed by atoms with Gasteiger partial charge in [0.15, 0.2) is 5.78 Å². The molecule has 0 saturated carbocycles. The molecule has 1 aliphatic carbocycles. The number of nitrogens with zero attached hydrogens (tertiary/aromatic N) is 1. The average molecular weight is 262 g/mol. The number of carbonyl (C=O) groups is 1. The van der Waals surface area contributed by atoms with Gasteiger partial charge in [0.25, 0.3) is 0 Å². The summed E-state index contributed by atoms with van der Waals surface area (Å²) >= 11 is 0. The fourth-order valence-electron chi connectivity index (χ4n) is 3.12. The van der Waals surface area contributed by atoms with Crippen LogP contribution in [0.3, 0.4) is 0 Å². The van der Waals surface area contributed by atoms with Gasteiger partial charge in [0.1, 0.15) is 5.65 Å². The van der Waals surface area contributed by atoms with Gasteiger partial charge in [0, 0.05) is 29.3 Å². The molecule has 0 saturated heterocycles. The first-order valence-electron chi connectivity index (χ1n) is 6.86. The summed E-state index contributed by atoms with van der Waals surface area (Å²) in [5, 5.41) is 0.924. The number of hydrogen-bond acceptors (Lipinski definition) is 2. The first-order chi connectivity index (χ1) is 9.83. The van der Waals surface area contributed by atoms with Crippen molar-refractivity contribution in [1.29, 1.82) is 0 Å². The second-order valence-corrected chi connectivity index (χ2v) is 5.34. The van der Waals surface area contributed by atoms with Crippen LogP contribution in [0.15, 0.2) is 48.8 Å². The first kappa shape index (κ1) is 11.4. The van der Waals surface area contributed by atoms with Gasteiger partial charge in [0.2, 0.25) is 0 Å². The van der Waals surface area contributed by atoms with Crippen molar-refractivity contribution in [3.63, 3.8) is 0 Å². The summed E-state index contributed by atoms with van der Waals surface area (Å²) in [5.41, 5.74) is 4.17. The molecule has 0 spiro atoms. The van der Waals surface area contributed by atoms with E-state index in [0.29, 0.717) is 0 Å². The monoisotopic (exact) mass is 262 g/mol. The van der Waals surface area contributed by atoms with Crippen molar-refractivity contribution < 1.29 is 4.79 Å². The van der Waals surface area contributed by atoms with Crippen molar-refractivity contribution in [2.24, 2.45) is 5.92 Å². The van der Waals surface area contributed by atoms with Crippen molar-refractivity contribution >= 4 is 16.8 Å². The average Bonchev–Trinajstić information content (AvgIpc) is 3.10. The summed E-state index contributed by atoms with van der Waals surface area (Å²) in [6.07, 6.45) is 5.23. The van der Waals surface area contributed by atoms with E-state index in [4.69, 9.17) is 0 Å². The molecule has 1 N–H and O–H groups in total. The van der Waals surface area contributed by atoms with Gasteiger partial charge >= 0.3 is 0 Å². The number of carbonyl (C=O) groups excluding carboxylic acids is 1. The minimum Gasteiger partial charge on any atom is -0.345 e. The standard InChI is InChI=1S/C17H14N2O/c20-16(13-8-11-4-1-2-5-12(11)9-13)15-10-19-17-14(15)6-3-7-18-17/h1-7,10,13H,8-9H2,(H,18,19). The van der Waals surface area contributed by atoms with E-state index < -0.39 is 0 Å². The normalized spacial score (nSPS) is 14.6. The molecule has 20 heavy (non-hydrogen) atoms. The Labute approximate surface area is 116 Å². The summed E-state index contributed by atoms with van der Waals surface area (Å²) < 4.78 is 0. The number of rotatable bonds is 2. The Bertz CT molecular complexity index is 778. The maximum atomic E-state index is 12.7. The number of ketones is 1. The third kappa shape index (κ3) is 1.67. The van der Waals surface area contributed by atoms with Crippen LogP contribution in [0.4, 0.5) is 0 Å². The Morgan fingerprint density at radius 1 is 1.10 bits per heavy atom. The van der Waals surface area contributed by atoms with Crippen LogP contribution in [0.2, 0.25) is 0 Å². The lowest BCUT2D eigenvalue weighted by Gasteiger charge is -2.06. The maximum absolute atomic E-state index is 12.7. The van der Waals surface area contributed by atoms with Crippen molar-refractivity contribution in [2.45, 2.75) is 12.8 Å². The van der Waals surface area contributed by atoms with Crippen molar-refractivity contribution in [3.05, 3.63) is 65.5 Å². The van der Waals surface area contributed by atoms with Gasteiger partial charge in [-0.2, -0.15) is 0 Å². The molecule has 0 bridgehead atoms. The molecule has 3 nitrogen and oxygen atoms in total. The van der Waals surface area contributed by atoms with E-state index >= 15 is 0 Å². The highest BCUT2D eigenvalue weighted by molar-refractivity contribution is 6.08. The van der Waals surface area contributed by atoms with E-state index in [9.17, 15) is 4.79 Å². The molecular formula is C17H14N2O. The quantitative estimate of drug-likeness (QED) is 0.721. The first-order valence-corrected chi connectivity index (χ1v) is 6.86. The van der Waals surface area contributed by atoms with Crippen molar-refractivity contribution in [2.75, 3.05) is 0 Å². The molecule has 3 heteroatoms. The molecule has 0 atom stereocenters. The van der Waals surface area contributed by atoms with Crippen LogP contribution in [0, 0.1) is 5.92 Å². The Kier molecular flexibility index (Phi) is 2.46. The summed E-state index contributed by atoms with van der Waals surface area (Å²) in [4.78, 5) is 20.1. The Morgan fingerprint density at radius 2 is 1.85 bits per heavy atom. The highest BCUT2D eigenvalue weighted by Crippen LogP contribution is 2.30. The second-order valence-electron chi connectivity index (χ2n) is 5.34. The van der Waals surface area contributed by atoms with Crippen LogP contribution < -0.4 is 0 Å². The van der Waals surface area contributed by atoms with E-state index in [0.717, 1.165) is 29.4 Å². The van der Waals surface area contributed by atoms with Gasteiger partial charge in [0.05, 0.1) is 0 Å². The summed E-state index contributed by atoms with van der Waals surface area (Å²) in [6, 6.07) is 12.2. The Morgan fingerprint density at radius 3 is 2.60 bits per heavy atom. The molecule has 2 aromatic heterocycles. The third-order valence-electron chi connectivity index (χ3n) is 4.14. The number of H-pyrrole nitrogens is 1. The zero-order valence-corrected chi connectivity index (χ0v) is 11.0. The predicted octanol–water partition coefficient (Wildman–Crippen LogP) is 3.16. The number of fused-ring (bicyclic) bond motifs is 2. The van der Waals surface area contributed by atoms with Gasteiger partial charge < -0.3 is 4.98 Å². The van der Waals surface area contributed by atoms with Crippen LogP contribution in [0.1, 0.15) is 21.5 Å².